The second kappa shape index (κ2) is 6.11. The summed E-state index contributed by atoms with van der Waals surface area (Å²) in [5.41, 5.74) is -0.686. The number of urea groups is 1. The first-order valence-electron chi connectivity index (χ1n) is 6.99. The van der Waals surface area contributed by atoms with Crippen LogP contribution >= 0.6 is 0 Å². The predicted octanol–water partition coefficient (Wildman–Crippen LogP) is 2.76. The molecule has 114 valence electrons. The number of rotatable bonds is 3. The van der Waals surface area contributed by atoms with Crippen LogP contribution in [0.3, 0.4) is 0 Å². The maximum absolute atomic E-state index is 12.9. The molecule has 2 N–H and O–H groups in total. The van der Waals surface area contributed by atoms with Crippen molar-refractivity contribution in [1.29, 1.82) is 0 Å². The smallest absolute Gasteiger partial charge is 0.329 e. The number of amides is 2. The van der Waals surface area contributed by atoms with Crippen LogP contribution in [0.15, 0.2) is 24.3 Å². The number of nitrogens with one attached hydrogen (secondary N) is 1. The van der Waals surface area contributed by atoms with E-state index in [0.717, 1.165) is 19.3 Å². The summed E-state index contributed by atoms with van der Waals surface area (Å²) in [6, 6.07) is 4.97. The van der Waals surface area contributed by atoms with Crippen LogP contribution in [0.1, 0.15) is 32.1 Å². The summed E-state index contributed by atoms with van der Waals surface area (Å²) in [6.07, 6.45) is 3.43. The highest BCUT2D eigenvalue weighted by atomic mass is 19.1. The van der Waals surface area contributed by atoms with Crippen LogP contribution in [-0.2, 0) is 4.79 Å². The number of nitrogens with zero attached hydrogens (tertiary/aromatic N) is 1. The maximum atomic E-state index is 12.9. The lowest BCUT2D eigenvalue weighted by molar-refractivity contribution is -0.145. The molecule has 1 fully saturated rings. The molecule has 0 radical (unpaired) electrons. The van der Waals surface area contributed by atoms with E-state index in [1.807, 2.05) is 0 Å². The number of aliphatic carboxylic acids is 1. The van der Waals surface area contributed by atoms with Gasteiger partial charge in [-0.15, -0.1) is 0 Å². The molecule has 0 unspecified atom stereocenters. The zero-order chi connectivity index (χ0) is 15.5. The summed E-state index contributed by atoms with van der Waals surface area (Å²) in [5, 5.41) is 12.1. The van der Waals surface area contributed by atoms with E-state index in [-0.39, 0.29) is 5.82 Å². The fourth-order valence-corrected chi connectivity index (χ4v) is 2.62. The number of carbonyl (C=O) groups excluding carboxylic acids is 1. The Balaban J connectivity index is 2.11. The number of carbonyl (C=O) groups is 2. The van der Waals surface area contributed by atoms with E-state index in [0.29, 0.717) is 18.5 Å². The normalized spacial score (nSPS) is 17.0. The Kier molecular flexibility index (Phi) is 4.45. The van der Waals surface area contributed by atoms with Gasteiger partial charge >= 0.3 is 12.0 Å². The first kappa shape index (κ1) is 15.3. The van der Waals surface area contributed by atoms with E-state index in [1.54, 1.807) is 0 Å². The van der Waals surface area contributed by atoms with Gasteiger partial charge in [-0.1, -0.05) is 19.3 Å². The van der Waals surface area contributed by atoms with E-state index in [9.17, 15) is 19.1 Å². The van der Waals surface area contributed by atoms with Crippen molar-refractivity contribution in [2.75, 3.05) is 11.9 Å². The van der Waals surface area contributed by atoms with Gasteiger partial charge in [-0.05, 0) is 37.1 Å². The summed E-state index contributed by atoms with van der Waals surface area (Å²) in [4.78, 5) is 25.1. The lowest BCUT2D eigenvalue weighted by Crippen LogP contribution is -2.58. The minimum atomic E-state index is -1.19. The number of benzene rings is 1. The number of halogens is 1. The topological polar surface area (TPSA) is 69.6 Å². The highest BCUT2D eigenvalue weighted by molar-refractivity contribution is 5.95. The third-order valence-electron chi connectivity index (χ3n) is 3.98. The van der Waals surface area contributed by atoms with Crippen LogP contribution in [-0.4, -0.2) is 29.7 Å². The predicted molar refractivity (Wildman–Crippen MR) is 76.8 cm³/mol. The number of carboxylic acid groups (broad SMARTS) is 1. The van der Waals surface area contributed by atoms with Gasteiger partial charge in [-0.2, -0.15) is 0 Å². The summed E-state index contributed by atoms with van der Waals surface area (Å²) < 4.78 is 12.9. The van der Waals surface area contributed by atoms with Gasteiger partial charge in [-0.25, -0.2) is 14.0 Å². The van der Waals surface area contributed by atoms with Crippen LogP contribution in [0.4, 0.5) is 14.9 Å². The molecule has 1 aromatic rings. The molecule has 2 amide bonds. The molecule has 0 aliphatic heterocycles. The molecule has 2 rings (SSSR count). The zero-order valence-electron chi connectivity index (χ0n) is 11.9. The molecule has 6 heteroatoms. The minimum absolute atomic E-state index is 0.387. The number of anilines is 1. The molecule has 0 heterocycles. The van der Waals surface area contributed by atoms with Crippen LogP contribution in [0.2, 0.25) is 0 Å². The Morgan fingerprint density at radius 1 is 1.19 bits per heavy atom. The summed E-state index contributed by atoms with van der Waals surface area (Å²) in [7, 11) is 1.53. The molecule has 0 bridgehead atoms. The van der Waals surface area contributed by atoms with Crippen LogP contribution in [0, 0.1) is 5.82 Å². The minimum Gasteiger partial charge on any atom is -0.480 e. The summed E-state index contributed by atoms with van der Waals surface area (Å²) in [5.74, 6) is -1.38. The third-order valence-corrected chi connectivity index (χ3v) is 3.98. The van der Waals surface area contributed by atoms with E-state index in [4.69, 9.17) is 0 Å². The third kappa shape index (κ3) is 3.32. The van der Waals surface area contributed by atoms with Gasteiger partial charge in [0.2, 0.25) is 0 Å². The first-order chi connectivity index (χ1) is 9.94. The van der Waals surface area contributed by atoms with Crippen LogP contribution in [0.5, 0.6) is 0 Å². The van der Waals surface area contributed by atoms with Crippen LogP contribution in [0.25, 0.3) is 0 Å². The van der Waals surface area contributed by atoms with Crippen molar-refractivity contribution < 1.29 is 19.1 Å². The maximum Gasteiger partial charge on any atom is 0.329 e. The highest BCUT2D eigenvalue weighted by Gasteiger charge is 2.41. The van der Waals surface area contributed by atoms with Crippen molar-refractivity contribution in [1.82, 2.24) is 5.32 Å². The average molecular weight is 294 g/mol. The Morgan fingerprint density at radius 2 is 1.76 bits per heavy atom. The molecule has 1 aliphatic carbocycles. The van der Waals surface area contributed by atoms with E-state index in [1.165, 1.54) is 36.2 Å². The quantitative estimate of drug-likeness (QED) is 0.900. The number of carboxylic acids is 1. The van der Waals surface area contributed by atoms with Crippen molar-refractivity contribution in [3.05, 3.63) is 30.1 Å². The Labute approximate surface area is 122 Å². The van der Waals surface area contributed by atoms with E-state index < -0.39 is 17.5 Å². The van der Waals surface area contributed by atoms with Gasteiger partial charge in [0.15, 0.2) is 0 Å². The van der Waals surface area contributed by atoms with E-state index >= 15 is 0 Å². The molecular weight excluding hydrogens is 275 g/mol. The lowest BCUT2D eigenvalue weighted by Gasteiger charge is -2.35. The molecule has 1 aliphatic rings. The van der Waals surface area contributed by atoms with Crippen molar-refractivity contribution in [3.63, 3.8) is 0 Å². The standard InChI is InChI=1S/C15H19FN2O3/c1-18(12-7-5-11(16)6-8-12)14(21)17-15(13(19)20)9-3-2-4-10-15/h5-8H,2-4,9-10H2,1H3,(H,17,21)(H,19,20). The molecule has 0 saturated heterocycles. The number of hydrogen-bond donors (Lipinski definition) is 2. The second-order valence-corrected chi connectivity index (χ2v) is 5.41. The van der Waals surface area contributed by atoms with Gasteiger partial charge < -0.3 is 10.4 Å². The molecule has 0 spiro atoms. The SMILES string of the molecule is CN(C(=O)NC1(C(=O)O)CCCCC1)c1ccc(F)cc1. The van der Waals surface area contributed by atoms with Crippen molar-refractivity contribution in [2.24, 2.45) is 0 Å². The monoisotopic (exact) mass is 294 g/mol. The Hall–Kier alpha value is -2.11. The average Bonchev–Trinajstić information content (AvgIpc) is 2.48. The molecular formula is C15H19FN2O3. The molecule has 21 heavy (non-hydrogen) atoms. The van der Waals surface area contributed by atoms with Crippen LogP contribution < -0.4 is 10.2 Å². The van der Waals surface area contributed by atoms with Crippen molar-refractivity contribution in [2.45, 2.75) is 37.6 Å². The van der Waals surface area contributed by atoms with E-state index in [2.05, 4.69) is 5.32 Å². The van der Waals surface area contributed by atoms with Gasteiger partial charge in [0, 0.05) is 12.7 Å². The highest BCUT2D eigenvalue weighted by Crippen LogP contribution is 2.29. The summed E-state index contributed by atoms with van der Waals surface area (Å²) in [6.45, 7) is 0. The zero-order valence-corrected chi connectivity index (χ0v) is 11.9. The Bertz CT molecular complexity index is 524. The Morgan fingerprint density at radius 3 is 2.29 bits per heavy atom. The largest absolute Gasteiger partial charge is 0.480 e. The lowest BCUT2D eigenvalue weighted by atomic mass is 9.82. The molecule has 1 aromatic carbocycles. The van der Waals surface area contributed by atoms with Crippen molar-refractivity contribution in [3.8, 4) is 0 Å². The molecule has 1 saturated carbocycles. The van der Waals surface area contributed by atoms with Gasteiger partial charge in [0.05, 0.1) is 0 Å². The summed E-state index contributed by atoms with van der Waals surface area (Å²) >= 11 is 0. The number of hydrogen-bond acceptors (Lipinski definition) is 2. The van der Waals surface area contributed by atoms with Gasteiger partial charge in [0.1, 0.15) is 11.4 Å². The molecule has 5 nitrogen and oxygen atoms in total. The van der Waals surface area contributed by atoms with Gasteiger partial charge in [0.25, 0.3) is 0 Å². The second-order valence-electron chi connectivity index (χ2n) is 5.41. The fraction of sp³-hybridized carbons (Fsp3) is 0.467. The molecule has 0 aromatic heterocycles. The first-order valence-corrected chi connectivity index (χ1v) is 6.99. The fourth-order valence-electron chi connectivity index (χ4n) is 2.62. The van der Waals surface area contributed by atoms with Gasteiger partial charge in [-0.3, -0.25) is 4.90 Å². The van der Waals surface area contributed by atoms with Crippen molar-refractivity contribution >= 4 is 17.7 Å². The molecule has 0 atom stereocenters.